The smallest absolute Gasteiger partial charge is 0.416 e. The average molecular weight is 443 g/mol. The summed E-state index contributed by atoms with van der Waals surface area (Å²) in [5.74, 6) is -1.20. The molecule has 3 rings (SSSR count). The Labute approximate surface area is 181 Å². The van der Waals surface area contributed by atoms with Crippen LogP contribution in [0, 0.1) is 17.1 Å². The van der Waals surface area contributed by atoms with Gasteiger partial charge < -0.3 is 9.64 Å². The highest BCUT2D eigenvalue weighted by Crippen LogP contribution is 2.37. The SMILES string of the molecule is CC(C#N)Oc1cc(F)ccc1-c1ccncc1N(C)C(=O)c1cccc(C(F)(F)F)c1. The van der Waals surface area contributed by atoms with Crippen molar-refractivity contribution >= 4 is 11.6 Å². The standard InChI is InChI=1S/C23H17F4N3O2/c1-14(12-28)32-21-11-17(24)6-7-19(21)18-8-9-29-13-20(18)30(2)22(31)15-4-3-5-16(10-15)23(25,26)27/h3-11,13-14H,1-2H3. The topological polar surface area (TPSA) is 66.2 Å². The highest BCUT2D eigenvalue weighted by atomic mass is 19.4. The first-order valence-electron chi connectivity index (χ1n) is 9.37. The minimum Gasteiger partial charge on any atom is -0.475 e. The summed E-state index contributed by atoms with van der Waals surface area (Å²) in [5.41, 5.74) is -0.0396. The number of hydrogen-bond donors (Lipinski definition) is 0. The molecule has 1 heterocycles. The number of carbonyl (C=O) groups is 1. The molecule has 1 amide bonds. The molecule has 2 aromatic carbocycles. The van der Waals surface area contributed by atoms with Gasteiger partial charge in [0.15, 0.2) is 6.10 Å². The number of pyridine rings is 1. The van der Waals surface area contributed by atoms with Crippen LogP contribution >= 0.6 is 0 Å². The van der Waals surface area contributed by atoms with Gasteiger partial charge in [-0.05, 0) is 43.3 Å². The molecule has 1 unspecified atom stereocenters. The lowest BCUT2D eigenvalue weighted by Crippen LogP contribution is -2.27. The van der Waals surface area contributed by atoms with E-state index in [-0.39, 0.29) is 17.0 Å². The van der Waals surface area contributed by atoms with E-state index in [1.807, 2.05) is 6.07 Å². The maximum absolute atomic E-state index is 13.8. The van der Waals surface area contributed by atoms with Gasteiger partial charge in [0.05, 0.1) is 17.4 Å². The molecule has 0 aliphatic rings. The highest BCUT2D eigenvalue weighted by Gasteiger charge is 2.31. The summed E-state index contributed by atoms with van der Waals surface area (Å²) in [6.07, 6.45) is -2.65. The van der Waals surface area contributed by atoms with E-state index in [1.165, 1.54) is 44.6 Å². The molecule has 3 aromatic rings. The van der Waals surface area contributed by atoms with Crippen LogP contribution in [0.3, 0.4) is 0 Å². The lowest BCUT2D eigenvalue weighted by atomic mass is 10.0. The number of amides is 1. The minimum absolute atomic E-state index is 0.0754. The molecular formula is C23H17F4N3O2. The Morgan fingerprint density at radius 2 is 1.91 bits per heavy atom. The van der Waals surface area contributed by atoms with Crippen molar-refractivity contribution in [3.05, 3.63) is 77.9 Å². The fraction of sp³-hybridized carbons (Fsp3) is 0.174. The van der Waals surface area contributed by atoms with Gasteiger partial charge in [0, 0.05) is 36.0 Å². The number of anilines is 1. The molecule has 1 aromatic heterocycles. The van der Waals surface area contributed by atoms with E-state index in [4.69, 9.17) is 10.00 Å². The van der Waals surface area contributed by atoms with Crippen LogP contribution in [0.4, 0.5) is 23.2 Å². The first-order valence-corrected chi connectivity index (χ1v) is 9.37. The van der Waals surface area contributed by atoms with Gasteiger partial charge in [0.2, 0.25) is 0 Å². The Morgan fingerprint density at radius 3 is 2.59 bits per heavy atom. The summed E-state index contributed by atoms with van der Waals surface area (Å²) >= 11 is 0. The Hall–Kier alpha value is -3.93. The van der Waals surface area contributed by atoms with Gasteiger partial charge in [-0.15, -0.1) is 0 Å². The van der Waals surface area contributed by atoms with Gasteiger partial charge in [-0.2, -0.15) is 18.4 Å². The van der Waals surface area contributed by atoms with Crippen molar-refractivity contribution in [1.29, 1.82) is 5.26 Å². The molecule has 9 heteroatoms. The molecule has 0 aliphatic heterocycles. The molecule has 0 saturated carbocycles. The molecule has 0 aliphatic carbocycles. The second-order valence-electron chi connectivity index (χ2n) is 6.87. The first kappa shape index (κ1) is 22.7. The summed E-state index contributed by atoms with van der Waals surface area (Å²) in [6, 6.07) is 11.3. The van der Waals surface area contributed by atoms with Crippen LogP contribution < -0.4 is 9.64 Å². The summed E-state index contributed by atoms with van der Waals surface area (Å²) in [4.78, 5) is 18.1. The monoisotopic (exact) mass is 443 g/mol. The predicted octanol–water partition coefficient (Wildman–Crippen LogP) is 5.47. The maximum Gasteiger partial charge on any atom is 0.416 e. The molecule has 5 nitrogen and oxygen atoms in total. The second-order valence-corrected chi connectivity index (χ2v) is 6.87. The summed E-state index contributed by atoms with van der Waals surface area (Å²) in [6.45, 7) is 1.49. The third-order valence-electron chi connectivity index (χ3n) is 4.62. The largest absolute Gasteiger partial charge is 0.475 e. The Morgan fingerprint density at radius 1 is 1.16 bits per heavy atom. The number of carbonyl (C=O) groups excluding carboxylic acids is 1. The number of aromatic nitrogens is 1. The number of hydrogen-bond acceptors (Lipinski definition) is 4. The number of halogens is 4. The molecular weight excluding hydrogens is 426 g/mol. The fourth-order valence-electron chi connectivity index (χ4n) is 3.05. The van der Waals surface area contributed by atoms with E-state index >= 15 is 0 Å². The molecule has 0 saturated heterocycles. The summed E-state index contributed by atoms with van der Waals surface area (Å²) in [7, 11) is 1.39. The molecule has 164 valence electrons. The van der Waals surface area contributed by atoms with Crippen molar-refractivity contribution in [2.45, 2.75) is 19.2 Å². The fourth-order valence-corrected chi connectivity index (χ4v) is 3.05. The summed E-state index contributed by atoms with van der Waals surface area (Å²) < 4.78 is 58.5. The number of alkyl halides is 3. The molecule has 1 atom stereocenters. The molecule has 0 N–H and O–H groups in total. The van der Waals surface area contributed by atoms with E-state index in [0.717, 1.165) is 29.2 Å². The maximum atomic E-state index is 13.8. The molecule has 0 bridgehead atoms. The number of nitrogens with zero attached hydrogens (tertiary/aromatic N) is 3. The second kappa shape index (κ2) is 9.06. The van der Waals surface area contributed by atoms with Gasteiger partial charge in [-0.1, -0.05) is 6.07 Å². The Kier molecular flexibility index (Phi) is 6.44. The van der Waals surface area contributed by atoms with E-state index in [2.05, 4.69) is 4.98 Å². The van der Waals surface area contributed by atoms with E-state index in [9.17, 15) is 22.4 Å². The van der Waals surface area contributed by atoms with Crippen LogP contribution in [0.2, 0.25) is 0 Å². The van der Waals surface area contributed by atoms with Crippen molar-refractivity contribution in [2.75, 3.05) is 11.9 Å². The van der Waals surface area contributed by atoms with Crippen molar-refractivity contribution < 1.29 is 27.1 Å². The van der Waals surface area contributed by atoms with E-state index in [1.54, 1.807) is 6.07 Å². The van der Waals surface area contributed by atoms with Crippen LogP contribution in [0.25, 0.3) is 11.1 Å². The normalized spacial score (nSPS) is 12.0. The van der Waals surface area contributed by atoms with Gasteiger partial charge >= 0.3 is 6.18 Å². The average Bonchev–Trinajstić information content (AvgIpc) is 2.77. The van der Waals surface area contributed by atoms with E-state index in [0.29, 0.717) is 11.1 Å². The minimum atomic E-state index is -4.59. The summed E-state index contributed by atoms with van der Waals surface area (Å²) in [5, 5.41) is 9.04. The van der Waals surface area contributed by atoms with E-state index < -0.39 is 29.6 Å². The lowest BCUT2D eigenvalue weighted by Gasteiger charge is -2.22. The molecule has 0 radical (unpaired) electrons. The van der Waals surface area contributed by atoms with Crippen LogP contribution in [0.15, 0.2) is 60.9 Å². The third kappa shape index (κ3) is 4.86. The van der Waals surface area contributed by atoms with Crippen molar-refractivity contribution in [3.63, 3.8) is 0 Å². The van der Waals surface area contributed by atoms with Crippen LogP contribution in [-0.4, -0.2) is 24.0 Å². The number of nitriles is 1. The zero-order valence-electron chi connectivity index (χ0n) is 17.0. The van der Waals surface area contributed by atoms with Gasteiger partial charge in [0.25, 0.3) is 5.91 Å². The van der Waals surface area contributed by atoms with Crippen LogP contribution in [0.5, 0.6) is 5.75 Å². The van der Waals surface area contributed by atoms with Crippen LogP contribution in [-0.2, 0) is 6.18 Å². The molecule has 32 heavy (non-hydrogen) atoms. The first-order chi connectivity index (χ1) is 15.1. The number of ether oxygens (including phenoxy) is 1. The third-order valence-corrected chi connectivity index (χ3v) is 4.62. The Balaban J connectivity index is 2.05. The van der Waals surface area contributed by atoms with Crippen LogP contribution in [0.1, 0.15) is 22.8 Å². The quantitative estimate of drug-likeness (QED) is 0.490. The van der Waals surface area contributed by atoms with Gasteiger partial charge in [-0.3, -0.25) is 9.78 Å². The van der Waals surface area contributed by atoms with Gasteiger partial charge in [0.1, 0.15) is 17.6 Å². The zero-order valence-corrected chi connectivity index (χ0v) is 17.0. The number of rotatable bonds is 5. The lowest BCUT2D eigenvalue weighted by molar-refractivity contribution is -0.137. The van der Waals surface area contributed by atoms with Crippen molar-refractivity contribution in [3.8, 4) is 22.9 Å². The molecule has 0 spiro atoms. The zero-order chi connectivity index (χ0) is 23.5. The Bertz CT molecular complexity index is 1190. The molecule has 0 fully saturated rings. The number of benzene rings is 2. The van der Waals surface area contributed by atoms with Crippen molar-refractivity contribution in [1.82, 2.24) is 4.98 Å². The van der Waals surface area contributed by atoms with Gasteiger partial charge in [-0.25, -0.2) is 4.39 Å². The van der Waals surface area contributed by atoms with Crippen molar-refractivity contribution in [2.24, 2.45) is 0 Å². The highest BCUT2D eigenvalue weighted by molar-refractivity contribution is 6.07. The predicted molar refractivity (Wildman–Crippen MR) is 110 cm³/mol.